The number of halogens is 1. The van der Waals surface area contributed by atoms with Crippen molar-refractivity contribution >= 4 is 23.3 Å². The lowest BCUT2D eigenvalue weighted by Gasteiger charge is -2.15. The molecule has 0 radical (unpaired) electrons. The van der Waals surface area contributed by atoms with Crippen molar-refractivity contribution in [1.82, 2.24) is 9.55 Å². The van der Waals surface area contributed by atoms with Crippen LogP contribution < -0.4 is 4.74 Å². The number of nitrogens with zero attached hydrogens (tertiary/aromatic N) is 1. The van der Waals surface area contributed by atoms with E-state index in [0.717, 1.165) is 22.3 Å². The molecule has 0 saturated carbocycles. The van der Waals surface area contributed by atoms with Crippen LogP contribution in [0.15, 0.2) is 42.5 Å². The maximum Gasteiger partial charge on any atom is 0.178 e. The Hall–Kier alpha value is -2.14. The van der Waals surface area contributed by atoms with Gasteiger partial charge in [0.2, 0.25) is 0 Å². The molecule has 0 aliphatic rings. The Morgan fingerprint density at radius 3 is 2.71 bits per heavy atom. The summed E-state index contributed by atoms with van der Waals surface area (Å²) >= 11 is 5.43. The molecule has 5 heteroatoms. The van der Waals surface area contributed by atoms with Crippen LogP contribution in [0.2, 0.25) is 0 Å². The van der Waals surface area contributed by atoms with Crippen molar-refractivity contribution in [2.24, 2.45) is 0 Å². The molecule has 1 aromatic heterocycles. The van der Waals surface area contributed by atoms with Gasteiger partial charge in [-0.05, 0) is 49.0 Å². The van der Waals surface area contributed by atoms with Crippen LogP contribution in [0, 0.1) is 10.6 Å². The van der Waals surface area contributed by atoms with E-state index in [-0.39, 0.29) is 11.9 Å². The highest BCUT2D eigenvalue weighted by Gasteiger charge is 2.15. The van der Waals surface area contributed by atoms with Crippen molar-refractivity contribution in [3.63, 3.8) is 0 Å². The van der Waals surface area contributed by atoms with Crippen LogP contribution in [0.1, 0.15) is 18.5 Å². The predicted octanol–water partition coefficient (Wildman–Crippen LogP) is 4.46. The number of aromatic amines is 1. The Labute approximate surface area is 127 Å². The summed E-state index contributed by atoms with van der Waals surface area (Å²) < 4.78 is 21.4. The predicted molar refractivity (Wildman–Crippen MR) is 83.9 cm³/mol. The van der Waals surface area contributed by atoms with Crippen LogP contribution in [-0.4, -0.2) is 16.7 Å². The van der Waals surface area contributed by atoms with Gasteiger partial charge in [-0.25, -0.2) is 4.39 Å². The largest absolute Gasteiger partial charge is 0.494 e. The molecule has 0 amide bonds. The summed E-state index contributed by atoms with van der Waals surface area (Å²) in [4.78, 5) is 3.17. The van der Waals surface area contributed by atoms with E-state index in [1.165, 1.54) is 12.1 Å². The number of ether oxygens (including phenoxy) is 1. The van der Waals surface area contributed by atoms with Gasteiger partial charge in [0.05, 0.1) is 18.7 Å². The van der Waals surface area contributed by atoms with Gasteiger partial charge in [0.15, 0.2) is 4.77 Å². The fourth-order valence-corrected chi connectivity index (χ4v) is 2.95. The number of methoxy groups -OCH3 is 1. The van der Waals surface area contributed by atoms with E-state index in [1.54, 1.807) is 13.2 Å². The number of H-pyrrole nitrogens is 1. The first kappa shape index (κ1) is 13.8. The standard InChI is InChI=1S/C16H15FN2OS/c1-10(11-5-3-6-12(17)9-11)19-13-7-4-8-14(20-2)15(13)18-16(19)21/h3-10H,1-2H3,(H,18,21). The van der Waals surface area contributed by atoms with E-state index in [4.69, 9.17) is 17.0 Å². The zero-order valence-electron chi connectivity index (χ0n) is 11.8. The number of nitrogens with one attached hydrogen (secondary N) is 1. The first-order valence-electron chi connectivity index (χ1n) is 6.64. The summed E-state index contributed by atoms with van der Waals surface area (Å²) in [5, 5.41) is 0. The Balaban J connectivity index is 2.21. The molecule has 3 aromatic rings. The summed E-state index contributed by atoms with van der Waals surface area (Å²) in [6, 6.07) is 12.3. The van der Waals surface area contributed by atoms with Crippen LogP contribution in [-0.2, 0) is 0 Å². The third-order valence-electron chi connectivity index (χ3n) is 3.65. The number of fused-ring (bicyclic) bond motifs is 1. The van der Waals surface area contributed by atoms with Gasteiger partial charge in [0, 0.05) is 0 Å². The van der Waals surface area contributed by atoms with Crippen molar-refractivity contribution in [3.8, 4) is 5.75 Å². The Kier molecular flexibility index (Phi) is 3.51. The minimum Gasteiger partial charge on any atom is -0.494 e. The van der Waals surface area contributed by atoms with Crippen LogP contribution in [0.3, 0.4) is 0 Å². The molecule has 0 aliphatic carbocycles. The molecule has 1 N–H and O–H groups in total. The molecule has 3 rings (SSSR count). The molecular weight excluding hydrogens is 287 g/mol. The van der Waals surface area contributed by atoms with E-state index in [9.17, 15) is 4.39 Å². The second kappa shape index (κ2) is 5.33. The minimum absolute atomic E-state index is 0.0749. The topological polar surface area (TPSA) is 29.9 Å². The van der Waals surface area contributed by atoms with Gasteiger partial charge >= 0.3 is 0 Å². The Morgan fingerprint density at radius 2 is 2.00 bits per heavy atom. The first-order valence-corrected chi connectivity index (χ1v) is 7.05. The summed E-state index contributed by atoms with van der Waals surface area (Å²) in [6.07, 6.45) is 0. The third kappa shape index (κ3) is 2.34. The van der Waals surface area contributed by atoms with Crippen molar-refractivity contribution in [2.45, 2.75) is 13.0 Å². The highest BCUT2D eigenvalue weighted by Crippen LogP contribution is 2.29. The van der Waals surface area contributed by atoms with Gasteiger partial charge in [0.1, 0.15) is 17.1 Å². The monoisotopic (exact) mass is 302 g/mol. The molecule has 0 spiro atoms. The molecule has 1 unspecified atom stereocenters. The smallest absolute Gasteiger partial charge is 0.178 e. The molecular formula is C16H15FN2OS. The number of rotatable bonds is 3. The van der Waals surface area contributed by atoms with Gasteiger partial charge in [0.25, 0.3) is 0 Å². The Morgan fingerprint density at radius 1 is 1.24 bits per heavy atom. The number of para-hydroxylation sites is 1. The van der Waals surface area contributed by atoms with Crippen molar-refractivity contribution in [2.75, 3.05) is 7.11 Å². The zero-order valence-corrected chi connectivity index (χ0v) is 12.6. The SMILES string of the molecule is COc1cccc2c1[nH]c(=S)n2C(C)c1cccc(F)c1. The lowest BCUT2D eigenvalue weighted by molar-refractivity contribution is 0.419. The van der Waals surface area contributed by atoms with Crippen LogP contribution in [0.5, 0.6) is 5.75 Å². The summed E-state index contributed by atoms with van der Waals surface area (Å²) in [7, 11) is 1.62. The van der Waals surface area contributed by atoms with Crippen molar-refractivity contribution in [3.05, 3.63) is 58.6 Å². The molecule has 0 fully saturated rings. The van der Waals surface area contributed by atoms with Gasteiger partial charge in [-0.15, -0.1) is 0 Å². The Bertz CT molecular complexity index is 853. The lowest BCUT2D eigenvalue weighted by atomic mass is 10.1. The fraction of sp³-hybridized carbons (Fsp3) is 0.188. The molecule has 0 bridgehead atoms. The van der Waals surface area contributed by atoms with E-state index in [0.29, 0.717) is 4.77 Å². The minimum atomic E-state index is -0.247. The summed E-state index contributed by atoms with van der Waals surface area (Å²) in [5.74, 6) is 0.493. The highest BCUT2D eigenvalue weighted by atomic mass is 32.1. The number of benzene rings is 2. The number of imidazole rings is 1. The molecule has 2 aromatic carbocycles. The molecule has 0 saturated heterocycles. The van der Waals surface area contributed by atoms with Gasteiger partial charge < -0.3 is 14.3 Å². The van der Waals surface area contributed by atoms with E-state index in [2.05, 4.69) is 4.98 Å². The average molecular weight is 302 g/mol. The van der Waals surface area contributed by atoms with Gasteiger partial charge in [-0.3, -0.25) is 0 Å². The maximum absolute atomic E-state index is 13.4. The van der Waals surface area contributed by atoms with Gasteiger partial charge in [-0.1, -0.05) is 18.2 Å². The van der Waals surface area contributed by atoms with Crippen LogP contribution >= 0.6 is 12.2 Å². The normalized spacial score (nSPS) is 12.5. The highest BCUT2D eigenvalue weighted by molar-refractivity contribution is 7.71. The number of aromatic nitrogens is 2. The van der Waals surface area contributed by atoms with Crippen molar-refractivity contribution < 1.29 is 9.13 Å². The number of hydrogen-bond donors (Lipinski definition) is 1. The quantitative estimate of drug-likeness (QED) is 0.724. The van der Waals surface area contributed by atoms with E-state index < -0.39 is 0 Å². The molecule has 0 aliphatic heterocycles. The molecule has 21 heavy (non-hydrogen) atoms. The summed E-state index contributed by atoms with van der Waals surface area (Å²) in [6.45, 7) is 2.00. The zero-order chi connectivity index (χ0) is 15.0. The first-order chi connectivity index (χ1) is 10.1. The number of hydrogen-bond acceptors (Lipinski definition) is 2. The fourth-order valence-electron chi connectivity index (χ4n) is 2.59. The molecule has 1 atom stereocenters. The van der Waals surface area contributed by atoms with Gasteiger partial charge in [-0.2, -0.15) is 0 Å². The van der Waals surface area contributed by atoms with E-state index in [1.807, 2.05) is 35.8 Å². The molecule has 108 valence electrons. The second-order valence-electron chi connectivity index (χ2n) is 4.89. The van der Waals surface area contributed by atoms with Crippen molar-refractivity contribution in [1.29, 1.82) is 0 Å². The van der Waals surface area contributed by atoms with Crippen LogP contribution in [0.25, 0.3) is 11.0 Å². The molecule has 3 nitrogen and oxygen atoms in total. The molecule has 1 heterocycles. The average Bonchev–Trinajstić information content (AvgIpc) is 2.82. The maximum atomic E-state index is 13.4. The lowest BCUT2D eigenvalue weighted by Crippen LogP contribution is -2.07. The second-order valence-corrected chi connectivity index (χ2v) is 5.27. The van der Waals surface area contributed by atoms with E-state index >= 15 is 0 Å². The summed E-state index contributed by atoms with van der Waals surface area (Å²) in [5.41, 5.74) is 2.67. The third-order valence-corrected chi connectivity index (χ3v) is 3.95. The van der Waals surface area contributed by atoms with Crippen LogP contribution in [0.4, 0.5) is 4.39 Å².